The molecule has 0 saturated heterocycles. The lowest BCUT2D eigenvalue weighted by atomic mass is 9.97. The predicted molar refractivity (Wildman–Crippen MR) is 75.5 cm³/mol. The van der Waals surface area contributed by atoms with Crippen molar-refractivity contribution in [1.29, 1.82) is 0 Å². The van der Waals surface area contributed by atoms with E-state index >= 15 is 0 Å². The SMILES string of the molecule is CNC(c1ccc(Cl)o1)c1cc(C)c(Cl)cc1C. The van der Waals surface area contributed by atoms with Crippen LogP contribution >= 0.6 is 23.2 Å². The Labute approximate surface area is 117 Å². The molecule has 96 valence electrons. The molecule has 2 nitrogen and oxygen atoms in total. The van der Waals surface area contributed by atoms with Crippen LogP contribution in [-0.2, 0) is 0 Å². The lowest BCUT2D eigenvalue weighted by Gasteiger charge is -2.18. The summed E-state index contributed by atoms with van der Waals surface area (Å²) >= 11 is 11.9. The van der Waals surface area contributed by atoms with Crippen LogP contribution < -0.4 is 5.32 Å². The fraction of sp³-hybridized carbons (Fsp3) is 0.286. The van der Waals surface area contributed by atoms with Crippen molar-refractivity contribution in [1.82, 2.24) is 5.32 Å². The maximum absolute atomic E-state index is 6.12. The van der Waals surface area contributed by atoms with Crippen LogP contribution in [0.3, 0.4) is 0 Å². The Kier molecular flexibility index (Phi) is 4.00. The van der Waals surface area contributed by atoms with Gasteiger partial charge in [-0.15, -0.1) is 0 Å². The van der Waals surface area contributed by atoms with Gasteiger partial charge in [0.2, 0.25) is 0 Å². The Morgan fingerprint density at radius 3 is 2.39 bits per heavy atom. The molecule has 0 amide bonds. The van der Waals surface area contributed by atoms with Gasteiger partial charge in [-0.05, 0) is 67.4 Å². The van der Waals surface area contributed by atoms with Crippen LogP contribution in [0.4, 0.5) is 0 Å². The standard InChI is InChI=1S/C14H15Cl2NO/c1-8-7-11(15)9(2)6-10(8)14(17-3)12-4-5-13(16)18-12/h4-7,14,17H,1-3H3. The fourth-order valence-electron chi connectivity index (χ4n) is 2.05. The molecular formula is C14H15Cl2NO. The Morgan fingerprint density at radius 2 is 1.83 bits per heavy atom. The Balaban J connectivity index is 2.48. The van der Waals surface area contributed by atoms with Gasteiger partial charge < -0.3 is 9.73 Å². The summed E-state index contributed by atoms with van der Waals surface area (Å²) < 4.78 is 5.49. The van der Waals surface area contributed by atoms with Crippen LogP contribution in [0.25, 0.3) is 0 Å². The minimum absolute atomic E-state index is 0.0199. The zero-order chi connectivity index (χ0) is 13.3. The third-order valence-electron chi connectivity index (χ3n) is 3.03. The highest BCUT2D eigenvalue weighted by Gasteiger charge is 2.18. The molecule has 0 bridgehead atoms. The summed E-state index contributed by atoms with van der Waals surface area (Å²) in [5, 5.41) is 4.42. The van der Waals surface area contributed by atoms with Crippen LogP contribution in [0.2, 0.25) is 10.2 Å². The van der Waals surface area contributed by atoms with Gasteiger partial charge in [-0.3, -0.25) is 0 Å². The van der Waals surface area contributed by atoms with Crippen molar-refractivity contribution in [2.45, 2.75) is 19.9 Å². The molecule has 2 rings (SSSR count). The van der Waals surface area contributed by atoms with E-state index < -0.39 is 0 Å². The quantitative estimate of drug-likeness (QED) is 0.897. The zero-order valence-corrected chi connectivity index (χ0v) is 12.1. The molecule has 18 heavy (non-hydrogen) atoms. The molecule has 0 spiro atoms. The van der Waals surface area contributed by atoms with Gasteiger partial charge in [-0.25, -0.2) is 0 Å². The summed E-state index contributed by atoms with van der Waals surface area (Å²) in [5.41, 5.74) is 3.32. The number of aryl methyl sites for hydroxylation is 2. The second kappa shape index (κ2) is 5.35. The largest absolute Gasteiger partial charge is 0.448 e. The molecule has 1 aromatic carbocycles. The third-order valence-corrected chi connectivity index (χ3v) is 3.64. The van der Waals surface area contributed by atoms with Gasteiger partial charge in [-0.2, -0.15) is 0 Å². The van der Waals surface area contributed by atoms with E-state index in [1.54, 1.807) is 6.07 Å². The predicted octanol–water partition coefficient (Wildman–Crippen LogP) is 4.51. The van der Waals surface area contributed by atoms with Gasteiger partial charge in [-0.1, -0.05) is 17.7 Å². The second-order valence-electron chi connectivity index (χ2n) is 4.32. The molecule has 1 atom stereocenters. The minimum Gasteiger partial charge on any atom is -0.448 e. The fourth-order valence-corrected chi connectivity index (χ4v) is 2.42. The van der Waals surface area contributed by atoms with E-state index in [0.717, 1.165) is 27.5 Å². The Bertz CT molecular complexity index is 563. The smallest absolute Gasteiger partial charge is 0.193 e. The van der Waals surface area contributed by atoms with Gasteiger partial charge >= 0.3 is 0 Å². The van der Waals surface area contributed by atoms with Gasteiger partial charge in [0.1, 0.15) is 5.76 Å². The van der Waals surface area contributed by atoms with Crippen LogP contribution in [0.15, 0.2) is 28.7 Å². The van der Waals surface area contributed by atoms with Crippen LogP contribution in [-0.4, -0.2) is 7.05 Å². The van der Waals surface area contributed by atoms with Crippen LogP contribution in [0.5, 0.6) is 0 Å². The minimum atomic E-state index is -0.0199. The number of furan rings is 1. The molecule has 1 heterocycles. The average Bonchev–Trinajstić information content (AvgIpc) is 2.73. The summed E-state index contributed by atoms with van der Waals surface area (Å²) in [5.74, 6) is 0.798. The molecule has 0 aliphatic rings. The van der Waals surface area contributed by atoms with Crippen molar-refractivity contribution in [2.75, 3.05) is 7.05 Å². The molecule has 0 fully saturated rings. The summed E-state index contributed by atoms with van der Waals surface area (Å²) in [6.07, 6.45) is 0. The number of benzene rings is 1. The molecular weight excluding hydrogens is 269 g/mol. The molecule has 0 saturated carbocycles. The number of hydrogen-bond donors (Lipinski definition) is 1. The molecule has 1 unspecified atom stereocenters. The Morgan fingerprint density at radius 1 is 1.11 bits per heavy atom. The van der Waals surface area contributed by atoms with E-state index in [-0.39, 0.29) is 6.04 Å². The normalized spacial score (nSPS) is 12.7. The van der Waals surface area contributed by atoms with E-state index in [1.807, 2.05) is 33.0 Å². The highest BCUT2D eigenvalue weighted by Crippen LogP contribution is 2.30. The molecule has 1 N–H and O–H groups in total. The van der Waals surface area contributed by atoms with Crippen molar-refractivity contribution in [3.05, 3.63) is 57.0 Å². The summed E-state index contributed by atoms with van der Waals surface area (Å²) in [6.45, 7) is 4.03. The number of hydrogen-bond acceptors (Lipinski definition) is 2. The number of nitrogens with one attached hydrogen (secondary N) is 1. The lowest BCUT2D eigenvalue weighted by molar-refractivity contribution is 0.464. The van der Waals surface area contributed by atoms with Gasteiger partial charge in [0.05, 0.1) is 6.04 Å². The molecule has 1 aromatic heterocycles. The molecule has 4 heteroatoms. The highest BCUT2D eigenvalue weighted by molar-refractivity contribution is 6.31. The first-order chi connectivity index (χ1) is 8.52. The summed E-state index contributed by atoms with van der Waals surface area (Å²) in [4.78, 5) is 0. The molecule has 0 aliphatic heterocycles. The first-order valence-corrected chi connectivity index (χ1v) is 6.47. The average molecular weight is 284 g/mol. The van der Waals surface area contributed by atoms with Crippen molar-refractivity contribution >= 4 is 23.2 Å². The molecule has 2 aromatic rings. The van der Waals surface area contributed by atoms with Gasteiger partial charge in [0.25, 0.3) is 0 Å². The monoisotopic (exact) mass is 283 g/mol. The zero-order valence-electron chi connectivity index (χ0n) is 10.6. The van der Waals surface area contributed by atoms with Gasteiger partial charge in [0, 0.05) is 5.02 Å². The lowest BCUT2D eigenvalue weighted by Crippen LogP contribution is -2.18. The topological polar surface area (TPSA) is 25.2 Å². The van der Waals surface area contributed by atoms with E-state index in [0.29, 0.717) is 5.22 Å². The highest BCUT2D eigenvalue weighted by atomic mass is 35.5. The van der Waals surface area contributed by atoms with Crippen molar-refractivity contribution in [2.24, 2.45) is 0 Å². The summed E-state index contributed by atoms with van der Waals surface area (Å²) in [7, 11) is 1.89. The Hall–Kier alpha value is -0.960. The van der Waals surface area contributed by atoms with E-state index in [9.17, 15) is 0 Å². The first-order valence-electron chi connectivity index (χ1n) is 5.72. The second-order valence-corrected chi connectivity index (χ2v) is 5.10. The van der Waals surface area contributed by atoms with E-state index in [2.05, 4.69) is 11.4 Å². The van der Waals surface area contributed by atoms with Gasteiger partial charge in [0.15, 0.2) is 5.22 Å². The molecule has 0 aliphatic carbocycles. The maximum Gasteiger partial charge on any atom is 0.193 e. The third kappa shape index (κ3) is 2.56. The van der Waals surface area contributed by atoms with Crippen molar-refractivity contribution in [3.63, 3.8) is 0 Å². The first kappa shape index (κ1) is 13.5. The van der Waals surface area contributed by atoms with Crippen LogP contribution in [0.1, 0.15) is 28.5 Å². The van der Waals surface area contributed by atoms with Crippen molar-refractivity contribution in [3.8, 4) is 0 Å². The summed E-state index contributed by atoms with van der Waals surface area (Å²) in [6, 6.07) is 7.66. The van der Waals surface area contributed by atoms with E-state index in [4.69, 9.17) is 27.6 Å². The number of halogens is 2. The van der Waals surface area contributed by atoms with Crippen LogP contribution in [0, 0.1) is 13.8 Å². The number of rotatable bonds is 3. The van der Waals surface area contributed by atoms with Crippen molar-refractivity contribution < 1.29 is 4.42 Å². The molecule has 0 radical (unpaired) electrons. The maximum atomic E-state index is 6.12. The van der Waals surface area contributed by atoms with E-state index in [1.165, 1.54) is 0 Å².